The minimum atomic E-state index is -3.89. The number of hydrogen-bond acceptors (Lipinski definition) is 6. The van der Waals surface area contributed by atoms with E-state index in [4.69, 9.17) is 4.74 Å². The van der Waals surface area contributed by atoms with Crippen molar-refractivity contribution in [1.29, 1.82) is 0 Å². The number of sulfonamides is 1. The molecule has 2 aliphatic rings. The number of rotatable bonds is 8. The summed E-state index contributed by atoms with van der Waals surface area (Å²) in [5, 5.41) is 12.2. The molecule has 2 saturated heterocycles. The van der Waals surface area contributed by atoms with Crippen LogP contribution in [-0.2, 0) is 26.0 Å². The molecule has 192 valence electrons. The third kappa shape index (κ3) is 5.85. The van der Waals surface area contributed by atoms with Crippen molar-refractivity contribution in [3.8, 4) is 5.75 Å². The number of carbonyl (C=O) groups is 3. The minimum absolute atomic E-state index is 0.0143. The second-order valence-corrected chi connectivity index (χ2v) is 10.8. The summed E-state index contributed by atoms with van der Waals surface area (Å²) in [4.78, 5) is 38.7. The first-order valence-corrected chi connectivity index (χ1v) is 13.4. The van der Waals surface area contributed by atoms with Gasteiger partial charge in [-0.15, -0.1) is 0 Å². The third-order valence-corrected chi connectivity index (χ3v) is 8.33. The van der Waals surface area contributed by atoms with Gasteiger partial charge in [0.1, 0.15) is 17.8 Å². The molecule has 2 aliphatic heterocycles. The molecule has 2 aromatic carbocycles. The Balaban J connectivity index is 1.39. The number of likely N-dealkylation sites (tertiary alicyclic amines) is 1. The Bertz CT molecular complexity index is 1200. The number of amides is 2. The molecule has 0 bridgehead atoms. The summed E-state index contributed by atoms with van der Waals surface area (Å²) < 4.78 is 32.6. The van der Waals surface area contributed by atoms with Gasteiger partial charge in [-0.25, -0.2) is 18.0 Å². The molecule has 0 radical (unpaired) electrons. The van der Waals surface area contributed by atoms with Crippen molar-refractivity contribution < 1.29 is 32.6 Å². The van der Waals surface area contributed by atoms with Crippen LogP contribution in [0.4, 0.5) is 4.79 Å². The van der Waals surface area contributed by atoms with Crippen molar-refractivity contribution in [2.45, 2.75) is 49.1 Å². The Morgan fingerprint density at radius 3 is 2.28 bits per heavy atom. The molecule has 11 heteroatoms. The Kier molecular flexibility index (Phi) is 7.90. The Hall–Kier alpha value is -3.44. The van der Waals surface area contributed by atoms with Crippen LogP contribution in [0.25, 0.3) is 0 Å². The molecule has 2 N–H and O–H groups in total. The Morgan fingerprint density at radius 2 is 1.64 bits per heavy atom. The number of carboxylic acid groups (broad SMARTS) is 1. The van der Waals surface area contributed by atoms with Gasteiger partial charge in [-0.1, -0.05) is 30.3 Å². The molecule has 1 unspecified atom stereocenters. The van der Waals surface area contributed by atoms with Gasteiger partial charge in [0.15, 0.2) is 0 Å². The standard InChI is InChI=1S/C25H29N3O7S/c29-23(22-9-6-16-28(22)36(33,34)20-7-2-1-3-8-20)26-21(24(30)31)17-18-10-12-19(13-11-18)35-25(32)27-14-4-5-15-27/h1-3,7-8,10-13,21-22H,4-6,9,14-17H2,(H,26,29)(H,30,31)/t21?,22-/m0/s1. The lowest BCUT2D eigenvalue weighted by molar-refractivity contribution is -0.142. The normalized spacial score (nSPS) is 19.1. The predicted molar refractivity (Wildman–Crippen MR) is 130 cm³/mol. The molecule has 0 aromatic heterocycles. The van der Waals surface area contributed by atoms with Crippen molar-refractivity contribution >= 4 is 28.0 Å². The number of nitrogens with one attached hydrogen (secondary N) is 1. The van der Waals surface area contributed by atoms with Crippen LogP contribution in [0.15, 0.2) is 59.5 Å². The monoisotopic (exact) mass is 515 g/mol. The zero-order valence-corrected chi connectivity index (χ0v) is 20.5. The van der Waals surface area contributed by atoms with E-state index in [0.29, 0.717) is 37.2 Å². The summed E-state index contributed by atoms with van der Waals surface area (Å²) in [5.41, 5.74) is 0.615. The SMILES string of the molecule is O=C(O)C(Cc1ccc(OC(=O)N2CCCC2)cc1)NC(=O)[C@@H]1CCCN1S(=O)(=O)c1ccccc1. The van der Waals surface area contributed by atoms with Gasteiger partial charge in [0, 0.05) is 26.1 Å². The van der Waals surface area contributed by atoms with Gasteiger partial charge >= 0.3 is 12.1 Å². The van der Waals surface area contributed by atoms with E-state index < -0.39 is 40.1 Å². The maximum atomic E-state index is 13.0. The zero-order chi connectivity index (χ0) is 25.7. The topological polar surface area (TPSA) is 133 Å². The lowest BCUT2D eigenvalue weighted by atomic mass is 10.1. The van der Waals surface area contributed by atoms with Gasteiger partial charge in [0.2, 0.25) is 15.9 Å². The van der Waals surface area contributed by atoms with E-state index in [1.54, 1.807) is 47.4 Å². The predicted octanol–water partition coefficient (Wildman–Crippen LogP) is 2.25. The van der Waals surface area contributed by atoms with Crippen LogP contribution in [0.2, 0.25) is 0 Å². The second-order valence-electron chi connectivity index (χ2n) is 8.90. The maximum absolute atomic E-state index is 13.0. The Labute approximate surface area is 209 Å². The number of aliphatic carboxylic acids is 1. The van der Waals surface area contributed by atoms with E-state index in [1.165, 1.54) is 12.1 Å². The molecule has 2 fully saturated rings. The number of hydrogen-bond donors (Lipinski definition) is 2. The second kappa shape index (κ2) is 11.1. The highest BCUT2D eigenvalue weighted by molar-refractivity contribution is 7.89. The Morgan fingerprint density at radius 1 is 0.972 bits per heavy atom. The van der Waals surface area contributed by atoms with Crippen LogP contribution >= 0.6 is 0 Å². The summed E-state index contributed by atoms with van der Waals surface area (Å²) in [5.74, 6) is -1.53. The lowest BCUT2D eigenvalue weighted by Gasteiger charge is -2.25. The summed E-state index contributed by atoms with van der Waals surface area (Å²) in [6.45, 7) is 1.52. The number of ether oxygens (including phenoxy) is 1. The smallest absolute Gasteiger partial charge is 0.415 e. The molecule has 2 atom stereocenters. The van der Waals surface area contributed by atoms with Crippen molar-refractivity contribution in [3.05, 3.63) is 60.2 Å². The van der Waals surface area contributed by atoms with E-state index in [0.717, 1.165) is 17.1 Å². The first-order chi connectivity index (χ1) is 17.3. The molecule has 4 rings (SSSR count). The fraction of sp³-hybridized carbons (Fsp3) is 0.400. The van der Waals surface area contributed by atoms with E-state index in [1.807, 2.05) is 0 Å². The molecule has 2 heterocycles. The quantitative estimate of drug-likeness (QED) is 0.551. The number of nitrogens with zero attached hydrogens (tertiary/aromatic N) is 2. The maximum Gasteiger partial charge on any atom is 0.415 e. The molecule has 10 nitrogen and oxygen atoms in total. The van der Waals surface area contributed by atoms with Crippen LogP contribution in [0.1, 0.15) is 31.2 Å². The molecule has 2 aromatic rings. The van der Waals surface area contributed by atoms with Gasteiger partial charge in [0.25, 0.3) is 0 Å². The van der Waals surface area contributed by atoms with Crippen molar-refractivity contribution in [1.82, 2.24) is 14.5 Å². The van der Waals surface area contributed by atoms with Crippen molar-refractivity contribution in [2.75, 3.05) is 19.6 Å². The fourth-order valence-electron chi connectivity index (χ4n) is 4.48. The van der Waals surface area contributed by atoms with Crippen LogP contribution in [0, 0.1) is 0 Å². The van der Waals surface area contributed by atoms with Crippen LogP contribution in [-0.4, -0.2) is 72.4 Å². The molecular weight excluding hydrogens is 486 g/mol. The zero-order valence-electron chi connectivity index (χ0n) is 19.7. The average Bonchev–Trinajstić information content (AvgIpc) is 3.58. The summed E-state index contributed by atoms with van der Waals surface area (Å²) >= 11 is 0. The first kappa shape index (κ1) is 25.6. The third-order valence-electron chi connectivity index (χ3n) is 6.40. The highest BCUT2D eigenvalue weighted by Crippen LogP contribution is 2.26. The van der Waals surface area contributed by atoms with Gasteiger partial charge in [-0.05, 0) is 55.5 Å². The number of carbonyl (C=O) groups excluding carboxylic acids is 2. The summed E-state index contributed by atoms with van der Waals surface area (Å²) in [7, 11) is -3.89. The van der Waals surface area contributed by atoms with Gasteiger partial charge in [0.05, 0.1) is 4.90 Å². The van der Waals surface area contributed by atoms with Crippen LogP contribution in [0.3, 0.4) is 0 Å². The van der Waals surface area contributed by atoms with E-state index in [-0.39, 0.29) is 17.9 Å². The molecule has 2 amide bonds. The minimum Gasteiger partial charge on any atom is -0.480 e. The highest BCUT2D eigenvalue weighted by atomic mass is 32.2. The average molecular weight is 516 g/mol. The highest BCUT2D eigenvalue weighted by Gasteiger charge is 2.40. The largest absolute Gasteiger partial charge is 0.480 e. The summed E-state index contributed by atoms with van der Waals surface area (Å²) in [6, 6.07) is 12.0. The molecule has 0 saturated carbocycles. The molecule has 0 aliphatic carbocycles. The number of carboxylic acids is 1. The molecule has 36 heavy (non-hydrogen) atoms. The van der Waals surface area contributed by atoms with E-state index in [9.17, 15) is 27.9 Å². The lowest BCUT2D eigenvalue weighted by Crippen LogP contribution is -2.51. The molecule has 0 spiro atoms. The van der Waals surface area contributed by atoms with Crippen LogP contribution < -0.4 is 10.1 Å². The van der Waals surface area contributed by atoms with Crippen molar-refractivity contribution in [3.63, 3.8) is 0 Å². The molecular formula is C25H29N3O7S. The first-order valence-electron chi connectivity index (χ1n) is 11.9. The number of benzene rings is 2. The van der Waals surface area contributed by atoms with E-state index in [2.05, 4.69) is 5.32 Å². The summed E-state index contributed by atoms with van der Waals surface area (Å²) in [6.07, 6.45) is 2.28. The van der Waals surface area contributed by atoms with Gasteiger partial charge < -0.3 is 20.1 Å². The van der Waals surface area contributed by atoms with Gasteiger partial charge in [-0.2, -0.15) is 4.31 Å². The van der Waals surface area contributed by atoms with Gasteiger partial charge in [-0.3, -0.25) is 4.79 Å². The fourth-order valence-corrected chi connectivity index (χ4v) is 6.16. The van der Waals surface area contributed by atoms with E-state index >= 15 is 0 Å². The van der Waals surface area contributed by atoms with Crippen molar-refractivity contribution in [2.24, 2.45) is 0 Å². The van der Waals surface area contributed by atoms with Crippen LogP contribution in [0.5, 0.6) is 5.75 Å².